The fraction of sp³-hybridized carbons (Fsp3) is 0.516. The molecule has 3 aromatic rings. The number of nitrogens with one attached hydrogen (secondary N) is 1. The predicted octanol–water partition coefficient (Wildman–Crippen LogP) is 4.84. The van der Waals surface area contributed by atoms with Crippen molar-refractivity contribution in [2.75, 3.05) is 54.4 Å². The van der Waals surface area contributed by atoms with Gasteiger partial charge < -0.3 is 19.9 Å². The highest BCUT2D eigenvalue weighted by Crippen LogP contribution is 2.53. The van der Waals surface area contributed by atoms with Gasteiger partial charge in [-0.15, -0.1) is 0 Å². The Balaban J connectivity index is 1.21. The number of pyridine rings is 1. The van der Waals surface area contributed by atoms with E-state index < -0.39 is 9.73 Å². The average Bonchev–Trinajstić information content (AvgIpc) is 3.19. The van der Waals surface area contributed by atoms with Crippen LogP contribution >= 0.6 is 0 Å². The number of fused-ring (bicyclic) bond motifs is 5. The highest BCUT2D eigenvalue weighted by molar-refractivity contribution is 7.92. The third kappa shape index (κ3) is 4.81. The van der Waals surface area contributed by atoms with Crippen LogP contribution in [0.3, 0.4) is 0 Å². The summed E-state index contributed by atoms with van der Waals surface area (Å²) in [5.74, 6) is 2.52. The lowest BCUT2D eigenvalue weighted by Crippen LogP contribution is -2.67. The maximum Gasteiger partial charge on any atom is 0.229 e. The molecule has 42 heavy (non-hydrogen) atoms. The Labute approximate surface area is 248 Å². The molecule has 4 atom stereocenters. The van der Waals surface area contributed by atoms with Crippen molar-refractivity contribution in [3.8, 4) is 0 Å². The Hall–Kier alpha value is -3.28. The van der Waals surface area contributed by atoms with Gasteiger partial charge in [0, 0.05) is 76.0 Å². The fourth-order valence-electron chi connectivity index (χ4n) is 6.97. The highest BCUT2D eigenvalue weighted by atomic mass is 32.2. The van der Waals surface area contributed by atoms with E-state index in [0.717, 1.165) is 42.4 Å². The van der Waals surface area contributed by atoms with Crippen molar-refractivity contribution in [1.29, 1.82) is 0 Å². The van der Waals surface area contributed by atoms with Crippen molar-refractivity contribution >= 4 is 44.5 Å². The number of hydrogen-bond acceptors (Lipinski definition) is 10. The smallest absolute Gasteiger partial charge is 0.229 e. The Morgan fingerprint density at radius 2 is 1.79 bits per heavy atom. The number of piperazine rings is 1. The largest absolute Gasteiger partial charge is 0.374 e. The van der Waals surface area contributed by atoms with Gasteiger partial charge in [-0.25, -0.2) is 14.2 Å². The topological polar surface area (TPSA) is 99.1 Å². The molecule has 0 amide bonds. The van der Waals surface area contributed by atoms with Gasteiger partial charge >= 0.3 is 0 Å². The van der Waals surface area contributed by atoms with Crippen molar-refractivity contribution in [3.05, 3.63) is 54.2 Å². The third-order valence-electron chi connectivity index (χ3n) is 9.43. The molecule has 10 nitrogen and oxygen atoms in total. The van der Waals surface area contributed by atoms with E-state index in [0.29, 0.717) is 30.5 Å². The molecule has 0 aliphatic carbocycles. The van der Waals surface area contributed by atoms with E-state index in [1.807, 2.05) is 18.3 Å². The molecule has 7 heterocycles. The quantitative estimate of drug-likeness (QED) is 0.449. The van der Waals surface area contributed by atoms with E-state index in [1.54, 1.807) is 18.6 Å². The molecule has 2 bridgehead atoms. The minimum Gasteiger partial charge on any atom is -0.374 e. The highest BCUT2D eigenvalue weighted by Gasteiger charge is 2.55. The van der Waals surface area contributed by atoms with Gasteiger partial charge in [0.15, 0.2) is 5.82 Å². The molecule has 11 heteroatoms. The molecule has 4 fully saturated rings. The molecule has 1 N–H and O–H groups in total. The normalized spacial score (nSPS) is 28.1. The summed E-state index contributed by atoms with van der Waals surface area (Å²) in [6.45, 7) is 9.21. The van der Waals surface area contributed by atoms with Gasteiger partial charge in [0.05, 0.1) is 18.2 Å². The second-order valence-electron chi connectivity index (χ2n) is 13.4. The van der Waals surface area contributed by atoms with Gasteiger partial charge in [-0.2, -0.15) is 9.35 Å². The third-order valence-corrected chi connectivity index (χ3v) is 10.1. The lowest BCUT2D eigenvalue weighted by atomic mass is 9.73. The number of piperidine rings is 1. The molecular weight excluding hydrogens is 548 g/mol. The van der Waals surface area contributed by atoms with E-state index in [2.05, 4.69) is 76.5 Å². The predicted molar refractivity (Wildman–Crippen MR) is 168 cm³/mol. The second kappa shape index (κ2) is 9.62. The van der Waals surface area contributed by atoms with Crippen molar-refractivity contribution in [2.24, 2.45) is 4.36 Å². The standard InChI is InChI=1S/C31H40N8O2S/c1-30(2)15-25-31(3,19-41-30)24-16-32-29(35-28(24)39(25)27-9-7-8-26(34-27)36-42(5,6)40)33-20-10-12-21(13-11-20)38-17-22-14-23(18-38)37(22)4/h7-13,16,22-23,25H,14-15,17-19H2,1-6H3,(H,32,33,35)/t22-,23+,25-,31-/m1/s1. The second-order valence-corrected chi connectivity index (χ2v) is 15.9. The van der Waals surface area contributed by atoms with Crippen molar-refractivity contribution in [2.45, 2.75) is 62.8 Å². The average molecular weight is 589 g/mol. The van der Waals surface area contributed by atoms with Gasteiger partial charge in [0.1, 0.15) is 11.6 Å². The summed E-state index contributed by atoms with van der Waals surface area (Å²) in [6, 6.07) is 15.6. The van der Waals surface area contributed by atoms with Gasteiger partial charge in [-0.1, -0.05) is 13.0 Å². The summed E-state index contributed by atoms with van der Waals surface area (Å²) >= 11 is 0. The molecular formula is C31H40N8O2S. The number of rotatable bonds is 5. The number of hydrogen-bond donors (Lipinski definition) is 1. The number of ether oxygens (including phenoxy) is 1. The zero-order valence-electron chi connectivity index (χ0n) is 25.2. The first kappa shape index (κ1) is 27.5. The Morgan fingerprint density at radius 3 is 2.48 bits per heavy atom. The summed E-state index contributed by atoms with van der Waals surface area (Å²) in [5, 5.41) is 3.43. The summed E-state index contributed by atoms with van der Waals surface area (Å²) in [4.78, 5) is 21.9. The van der Waals surface area contributed by atoms with E-state index in [9.17, 15) is 4.21 Å². The summed E-state index contributed by atoms with van der Waals surface area (Å²) in [7, 11) is -0.117. The van der Waals surface area contributed by atoms with Crippen LogP contribution in [0, 0.1) is 0 Å². The summed E-state index contributed by atoms with van der Waals surface area (Å²) < 4.78 is 23.1. The molecule has 5 aliphatic rings. The van der Waals surface area contributed by atoms with Gasteiger partial charge in [0.2, 0.25) is 5.95 Å². The molecule has 222 valence electrons. The van der Waals surface area contributed by atoms with Gasteiger partial charge in [-0.05, 0) is 70.1 Å². The minimum atomic E-state index is -2.35. The first-order valence-corrected chi connectivity index (χ1v) is 17.0. The number of aromatic nitrogens is 3. The number of likely N-dealkylation sites (N-methyl/N-ethyl adjacent to an activating group) is 1. The van der Waals surface area contributed by atoms with Crippen LogP contribution in [0.4, 0.5) is 34.8 Å². The van der Waals surface area contributed by atoms with Crippen LogP contribution in [0.5, 0.6) is 0 Å². The molecule has 0 radical (unpaired) electrons. The molecule has 2 aromatic heterocycles. The van der Waals surface area contributed by atoms with Crippen molar-refractivity contribution < 1.29 is 8.95 Å². The first-order chi connectivity index (χ1) is 19.9. The lowest BCUT2D eigenvalue weighted by Gasteiger charge is -2.55. The molecule has 1 aromatic carbocycles. The number of anilines is 5. The van der Waals surface area contributed by atoms with E-state index in [1.165, 1.54) is 12.1 Å². The van der Waals surface area contributed by atoms with Crippen LogP contribution in [0.25, 0.3) is 0 Å². The van der Waals surface area contributed by atoms with Crippen molar-refractivity contribution in [1.82, 2.24) is 19.9 Å². The van der Waals surface area contributed by atoms with Crippen LogP contribution in [-0.4, -0.2) is 87.0 Å². The maximum absolute atomic E-state index is 12.4. The molecule has 8 rings (SSSR count). The molecule has 0 spiro atoms. The van der Waals surface area contributed by atoms with Gasteiger partial charge in [0.25, 0.3) is 0 Å². The Kier molecular flexibility index (Phi) is 6.31. The number of benzene rings is 1. The van der Waals surface area contributed by atoms with E-state index >= 15 is 0 Å². The summed E-state index contributed by atoms with van der Waals surface area (Å²) in [6.07, 6.45) is 7.28. The lowest BCUT2D eigenvalue weighted by molar-refractivity contribution is -0.0893. The van der Waals surface area contributed by atoms with E-state index in [-0.39, 0.29) is 17.1 Å². The molecule has 0 saturated carbocycles. The molecule has 0 unspecified atom stereocenters. The van der Waals surface area contributed by atoms with Crippen LogP contribution in [0.2, 0.25) is 0 Å². The minimum absolute atomic E-state index is 0.0604. The molecule has 4 saturated heterocycles. The zero-order valence-corrected chi connectivity index (χ0v) is 26.1. The first-order valence-electron chi connectivity index (χ1n) is 14.7. The Morgan fingerprint density at radius 1 is 1.05 bits per heavy atom. The summed E-state index contributed by atoms with van der Waals surface area (Å²) in [5.41, 5.74) is 2.62. The van der Waals surface area contributed by atoms with Crippen LogP contribution < -0.4 is 15.1 Å². The van der Waals surface area contributed by atoms with Crippen LogP contribution in [0.1, 0.15) is 39.2 Å². The van der Waals surface area contributed by atoms with Gasteiger partial charge in [-0.3, -0.25) is 4.90 Å². The Bertz CT molecular complexity index is 1630. The van der Waals surface area contributed by atoms with E-state index in [4.69, 9.17) is 19.7 Å². The molecule has 5 aliphatic heterocycles. The number of nitrogens with zero attached hydrogens (tertiary/aromatic N) is 7. The monoisotopic (exact) mass is 588 g/mol. The van der Waals surface area contributed by atoms with Crippen molar-refractivity contribution in [3.63, 3.8) is 0 Å². The zero-order chi connectivity index (χ0) is 29.4. The van der Waals surface area contributed by atoms with Crippen LogP contribution in [0.15, 0.2) is 53.0 Å². The SMILES string of the molecule is CN1[C@@H]2C[C@H]1CN(c1ccc(Nc3ncc4c(n3)N(c3cccc(N=S(C)(C)=O)n3)[C@@H]3CC(C)(C)OC[C@]43C)cc1)C2. The van der Waals surface area contributed by atoms with Crippen LogP contribution in [-0.2, 0) is 19.9 Å². The maximum atomic E-state index is 12.4. The fourth-order valence-corrected chi connectivity index (χ4v) is 7.53.